The summed E-state index contributed by atoms with van der Waals surface area (Å²) in [6.45, 7) is -0.000317. The summed E-state index contributed by atoms with van der Waals surface area (Å²) in [6, 6.07) is -1.01. The summed E-state index contributed by atoms with van der Waals surface area (Å²) < 4.78 is 1.47. The monoisotopic (exact) mass is 267 g/mol. The van der Waals surface area contributed by atoms with E-state index in [1.54, 1.807) is 6.20 Å². The van der Waals surface area contributed by atoms with Gasteiger partial charge in [0.15, 0.2) is 0 Å². The molecule has 0 radical (unpaired) electrons. The molecule has 9 heteroatoms. The molecule has 1 aliphatic rings. The van der Waals surface area contributed by atoms with Crippen molar-refractivity contribution >= 4 is 17.8 Å². The second-order valence-electron chi connectivity index (χ2n) is 4.10. The normalized spacial score (nSPS) is 19.1. The Balaban J connectivity index is 1.98. The van der Waals surface area contributed by atoms with Crippen molar-refractivity contribution in [3.8, 4) is 0 Å². The van der Waals surface area contributed by atoms with Crippen LogP contribution in [0.5, 0.6) is 0 Å². The number of aryl methyl sites for hydroxylation is 1. The molecule has 9 nitrogen and oxygen atoms in total. The third-order valence-electron chi connectivity index (χ3n) is 2.81. The average Bonchev–Trinajstić information content (AvgIpc) is 2.88. The Hall–Kier alpha value is -2.45. The van der Waals surface area contributed by atoms with Crippen molar-refractivity contribution in [3.63, 3.8) is 0 Å². The van der Waals surface area contributed by atoms with E-state index in [1.165, 1.54) is 10.9 Å². The number of nitrogens with one attached hydrogen (secondary N) is 1. The Morgan fingerprint density at radius 1 is 1.53 bits per heavy atom. The van der Waals surface area contributed by atoms with Crippen LogP contribution in [0.4, 0.5) is 0 Å². The first-order valence-corrected chi connectivity index (χ1v) is 5.71. The van der Waals surface area contributed by atoms with Crippen LogP contribution in [0.2, 0.25) is 0 Å². The lowest BCUT2D eigenvalue weighted by molar-refractivity contribution is -0.154. The Bertz CT molecular complexity index is 486. The summed E-state index contributed by atoms with van der Waals surface area (Å²) in [6.07, 6.45) is 3.16. The van der Waals surface area contributed by atoms with Crippen molar-refractivity contribution in [1.29, 1.82) is 0 Å². The zero-order chi connectivity index (χ0) is 13.8. The standard InChI is InChI=1S/C10H13N5O4/c16-8-6-15(7(5-11-8)10(18)19)9(17)1-3-14-4-2-12-13-14/h2,4,7H,1,3,5-6H2,(H,11,16)(H,18,19). The molecule has 1 saturated heterocycles. The molecule has 2 rings (SSSR count). The summed E-state index contributed by atoms with van der Waals surface area (Å²) in [5.74, 6) is -1.88. The number of carbonyl (C=O) groups is 3. The van der Waals surface area contributed by atoms with Crippen molar-refractivity contribution < 1.29 is 19.5 Å². The number of carboxylic acid groups (broad SMARTS) is 1. The van der Waals surface area contributed by atoms with Crippen LogP contribution in [0.3, 0.4) is 0 Å². The molecule has 0 spiro atoms. The van der Waals surface area contributed by atoms with Crippen LogP contribution in [-0.4, -0.2) is 61.9 Å². The maximum absolute atomic E-state index is 12.0. The van der Waals surface area contributed by atoms with E-state index in [4.69, 9.17) is 5.11 Å². The first-order chi connectivity index (χ1) is 9.08. The van der Waals surface area contributed by atoms with Crippen molar-refractivity contribution in [2.24, 2.45) is 0 Å². The predicted octanol–water partition coefficient (Wildman–Crippen LogP) is -1.92. The molecule has 1 aromatic heterocycles. The average molecular weight is 267 g/mol. The molecule has 19 heavy (non-hydrogen) atoms. The second-order valence-corrected chi connectivity index (χ2v) is 4.10. The van der Waals surface area contributed by atoms with Crippen molar-refractivity contribution in [2.45, 2.75) is 19.0 Å². The van der Waals surface area contributed by atoms with Crippen LogP contribution in [0, 0.1) is 0 Å². The van der Waals surface area contributed by atoms with Crippen LogP contribution in [0.25, 0.3) is 0 Å². The van der Waals surface area contributed by atoms with Gasteiger partial charge in [0.1, 0.15) is 12.6 Å². The highest BCUT2D eigenvalue weighted by atomic mass is 16.4. The Morgan fingerprint density at radius 3 is 2.95 bits per heavy atom. The molecule has 0 bridgehead atoms. The van der Waals surface area contributed by atoms with E-state index >= 15 is 0 Å². The molecule has 2 amide bonds. The Morgan fingerprint density at radius 2 is 2.32 bits per heavy atom. The molecule has 2 N–H and O–H groups in total. The Kier molecular flexibility index (Phi) is 3.74. The zero-order valence-electron chi connectivity index (χ0n) is 10.0. The van der Waals surface area contributed by atoms with Gasteiger partial charge in [-0.15, -0.1) is 5.10 Å². The van der Waals surface area contributed by atoms with Gasteiger partial charge in [-0.2, -0.15) is 0 Å². The maximum Gasteiger partial charge on any atom is 0.328 e. The highest BCUT2D eigenvalue weighted by molar-refractivity contribution is 5.91. The SMILES string of the molecule is O=C1CN(C(=O)CCn2ccnn2)C(C(=O)O)CN1. The lowest BCUT2D eigenvalue weighted by atomic mass is 10.1. The maximum atomic E-state index is 12.0. The second kappa shape index (κ2) is 5.46. The fourth-order valence-corrected chi connectivity index (χ4v) is 1.83. The number of nitrogens with zero attached hydrogens (tertiary/aromatic N) is 4. The van der Waals surface area contributed by atoms with Gasteiger partial charge in [-0.25, -0.2) is 4.79 Å². The Labute approximate surface area is 108 Å². The van der Waals surface area contributed by atoms with Gasteiger partial charge in [-0.3, -0.25) is 14.3 Å². The van der Waals surface area contributed by atoms with E-state index < -0.39 is 17.9 Å². The summed E-state index contributed by atoms with van der Waals surface area (Å²) in [5, 5.41) is 18.8. The van der Waals surface area contributed by atoms with E-state index in [0.717, 1.165) is 4.90 Å². The largest absolute Gasteiger partial charge is 0.480 e. The number of amides is 2. The molecule has 1 unspecified atom stereocenters. The molecule has 2 heterocycles. The molecule has 1 aliphatic heterocycles. The van der Waals surface area contributed by atoms with Gasteiger partial charge in [-0.1, -0.05) is 5.21 Å². The molecule has 102 valence electrons. The summed E-state index contributed by atoms with van der Waals surface area (Å²) in [7, 11) is 0. The van der Waals surface area contributed by atoms with Crippen molar-refractivity contribution in [1.82, 2.24) is 25.2 Å². The predicted molar refractivity (Wildman–Crippen MR) is 60.8 cm³/mol. The van der Waals surface area contributed by atoms with E-state index in [0.29, 0.717) is 6.54 Å². The molecular weight excluding hydrogens is 254 g/mol. The first kappa shape index (κ1) is 13.0. The minimum atomic E-state index is -1.13. The highest BCUT2D eigenvalue weighted by Gasteiger charge is 2.34. The molecule has 0 saturated carbocycles. The smallest absolute Gasteiger partial charge is 0.328 e. The molecule has 1 fully saturated rings. The van der Waals surface area contributed by atoms with Gasteiger partial charge in [0, 0.05) is 19.2 Å². The van der Waals surface area contributed by atoms with Gasteiger partial charge < -0.3 is 15.3 Å². The fraction of sp³-hybridized carbons (Fsp3) is 0.500. The van der Waals surface area contributed by atoms with E-state index in [-0.39, 0.29) is 25.4 Å². The van der Waals surface area contributed by atoms with Gasteiger partial charge in [0.2, 0.25) is 11.8 Å². The number of aromatic nitrogens is 3. The lowest BCUT2D eigenvalue weighted by Crippen LogP contribution is -2.59. The summed E-state index contributed by atoms with van der Waals surface area (Å²) in [4.78, 5) is 35.3. The van der Waals surface area contributed by atoms with Crippen LogP contribution in [0.1, 0.15) is 6.42 Å². The van der Waals surface area contributed by atoms with Crippen molar-refractivity contribution in [2.75, 3.05) is 13.1 Å². The minimum Gasteiger partial charge on any atom is -0.480 e. The lowest BCUT2D eigenvalue weighted by Gasteiger charge is -2.32. The van der Waals surface area contributed by atoms with Gasteiger partial charge >= 0.3 is 5.97 Å². The number of hydrogen-bond donors (Lipinski definition) is 2. The minimum absolute atomic E-state index is 0.0662. The summed E-state index contributed by atoms with van der Waals surface area (Å²) >= 11 is 0. The van der Waals surface area contributed by atoms with Gasteiger partial charge in [-0.05, 0) is 0 Å². The number of rotatable bonds is 4. The molecule has 0 aromatic carbocycles. The van der Waals surface area contributed by atoms with E-state index in [2.05, 4.69) is 15.6 Å². The van der Waals surface area contributed by atoms with E-state index in [9.17, 15) is 14.4 Å². The quantitative estimate of drug-likeness (QED) is 0.656. The van der Waals surface area contributed by atoms with Gasteiger partial charge in [0.25, 0.3) is 0 Å². The summed E-state index contributed by atoms with van der Waals surface area (Å²) in [5.41, 5.74) is 0. The molecule has 1 aromatic rings. The fourth-order valence-electron chi connectivity index (χ4n) is 1.83. The van der Waals surface area contributed by atoms with Crippen LogP contribution >= 0.6 is 0 Å². The number of carboxylic acids is 1. The first-order valence-electron chi connectivity index (χ1n) is 5.71. The molecule has 0 aliphatic carbocycles. The van der Waals surface area contributed by atoms with Crippen LogP contribution < -0.4 is 5.32 Å². The van der Waals surface area contributed by atoms with Crippen LogP contribution in [-0.2, 0) is 20.9 Å². The van der Waals surface area contributed by atoms with Crippen LogP contribution in [0.15, 0.2) is 12.4 Å². The van der Waals surface area contributed by atoms with Crippen molar-refractivity contribution in [3.05, 3.63) is 12.4 Å². The molecule has 1 atom stereocenters. The number of carbonyl (C=O) groups excluding carboxylic acids is 2. The number of aliphatic carboxylic acids is 1. The third-order valence-corrected chi connectivity index (χ3v) is 2.81. The zero-order valence-corrected chi connectivity index (χ0v) is 10.0. The third kappa shape index (κ3) is 3.06. The highest BCUT2D eigenvalue weighted by Crippen LogP contribution is 2.07. The topological polar surface area (TPSA) is 117 Å². The molecular formula is C10H13N5O4. The van der Waals surface area contributed by atoms with Gasteiger partial charge in [0.05, 0.1) is 12.7 Å². The van der Waals surface area contributed by atoms with E-state index in [1.807, 2.05) is 0 Å². The number of hydrogen-bond acceptors (Lipinski definition) is 5. The number of piperazine rings is 1.